The maximum Gasteiger partial charge on any atom is 0.191 e. The number of nitrogens with zero attached hydrogens (tertiary/aromatic N) is 7. The van der Waals surface area contributed by atoms with E-state index in [0.717, 1.165) is 37.8 Å². The van der Waals surface area contributed by atoms with E-state index in [1.165, 1.54) is 5.56 Å². The molecule has 0 aromatic carbocycles. The highest BCUT2D eigenvalue weighted by Crippen LogP contribution is 2.15. The van der Waals surface area contributed by atoms with E-state index in [9.17, 15) is 0 Å². The summed E-state index contributed by atoms with van der Waals surface area (Å²) in [5, 5.41) is 19.0. The number of nitrogens with one attached hydrogen (secondary N) is 2. The Labute approximate surface area is 172 Å². The molecule has 0 amide bonds. The first kappa shape index (κ1) is 22.4. The topological polar surface area (TPSA) is 88.2 Å². The predicted molar refractivity (Wildman–Crippen MR) is 114 cm³/mol. The molecule has 146 valence electrons. The quantitative estimate of drug-likeness (QED) is 0.332. The van der Waals surface area contributed by atoms with Crippen LogP contribution in [0.4, 0.5) is 0 Å². The molecule has 0 bridgehead atoms. The lowest BCUT2D eigenvalue weighted by atomic mass is 10.1. The van der Waals surface area contributed by atoms with E-state index in [2.05, 4.69) is 61.4 Å². The van der Waals surface area contributed by atoms with Crippen molar-refractivity contribution in [1.82, 2.24) is 40.1 Å². The first-order chi connectivity index (χ1) is 12.0. The molecule has 2 rings (SSSR count). The van der Waals surface area contributed by atoms with Gasteiger partial charge >= 0.3 is 0 Å². The standard InChI is InChI=1S/C16H29N9.HI/c1-6-15-22-20-12-25(15)8-7-18-16(17-2)19-10-14(23(3)4)13-9-21-24(5)11-13;/h9,11-12,14H,6-8,10H2,1-5H3,(H2,17,18,19);1H. The second-order valence-electron chi connectivity index (χ2n) is 6.10. The minimum atomic E-state index is 0. The summed E-state index contributed by atoms with van der Waals surface area (Å²) in [4.78, 5) is 6.46. The molecule has 2 aromatic rings. The SMILES string of the molecule is CCc1nncn1CCNC(=NC)NCC(c1cnn(C)c1)N(C)C.I. The van der Waals surface area contributed by atoms with Crippen molar-refractivity contribution in [2.24, 2.45) is 12.0 Å². The highest BCUT2D eigenvalue weighted by atomic mass is 127. The summed E-state index contributed by atoms with van der Waals surface area (Å²) in [6.07, 6.45) is 6.59. The zero-order valence-electron chi connectivity index (χ0n) is 16.2. The Kier molecular flexibility index (Phi) is 9.55. The normalized spacial score (nSPS) is 12.8. The minimum Gasteiger partial charge on any atom is -0.355 e. The molecule has 9 nitrogen and oxygen atoms in total. The molecule has 0 spiro atoms. The van der Waals surface area contributed by atoms with Crippen LogP contribution in [0.25, 0.3) is 0 Å². The molecule has 26 heavy (non-hydrogen) atoms. The fourth-order valence-corrected chi connectivity index (χ4v) is 2.66. The van der Waals surface area contributed by atoms with Gasteiger partial charge < -0.3 is 20.1 Å². The van der Waals surface area contributed by atoms with Gasteiger partial charge in [-0.25, -0.2) is 0 Å². The van der Waals surface area contributed by atoms with Crippen molar-refractivity contribution in [2.45, 2.75) is 25.9 Å². The lowest BCUT2D eigenvalue weighted by molar-refractivity contribution is 0.298. The van der Waals surface area contributed by atoms with Crippen LogP contribution in [0, 0.1) is 0 Å². The number of hydrogen-bond acceptors (Lipinski definition) is 5. The molecule has 0 aliphatic rings. The molecule has 0 saturated carbocycles. The second kappa shape index (κ2) is 11.1. The molecule has 0 radical (unpaired) electrons. The summed E-state index contributed by atoms with van der Waals surface area (Å²) in [7, 11) is 7.84. The molecule has 0 aliphatic heterocycles. The number of hydrogen-bond donors (Lipinski definition) is 2. The van der Waals surface area contributed by atoms with Crippen molar-refractivity contribution in [3.63, 3.8) is 0 Å². The molecule has 0 saturated heterocycles. The van der Waals surface area contributed by atoms with Gasteiger partial charge in [-0.2, -0.15) is 5.10 Å². The van der Waals surface area contributed by atoms with Crippen molar-refractivity contribution in [3.05, 3.63) is 30.1 Å². The van der Waals surface area contributed by atoms with Gasteiger partial charge in [0, 0.05) is 51.9 Å². The third kappa shape index (κ3) is 6.24. The average molecular weight is 475 g/mol. The van der Waals surface area contributed by atoms with E-state index in [-0.39, 0.29) is 30.0 Å². The van der Waals surface area contributed by atoms with Gasteiger partial charge in [0.1, 0.15) is 12.2 Å². The number of aryl methyl sites for hydroxylation is 2. The Morgan fingerprint density at radius 1 is 1.35 bits per heavy atom. The van der Waals surface area contributed by atoms with Crippen LogP contribution in [0.15, 0.2) is 23.7 Å². The highest BCUT2D eigenvalue weighted by Gasteiger charge is 2.16. The van der Waals surface area contributed by atoms with E-state index in [0.29, 0.717) is 0 Å². The molecular weight excluding hydrogens is 445 g/mol. The number of likely N-dealkylation sites (N-methyl/N-ethyl adjacent to an activating group) is 1. The van der Waals surface area contributed by atoms with Crippen molar-refractivity contribution < 1.29 is 0 Å². The van der Waals surface area contributed by atoms with Crippen LogP contribution >= 0.6 is 24.0 Å². The van der Waals surface area contributed by atoms with Gasteiger partial charge in [-0.1, -0.05) is 6.92 Å². The summed E-state index contributed by atoms with van der Waals surface area (Å²) in [5.41, 5.74) is 1.17. The smallest absolute Gasteiger partial charge is 0.191 e. The highest BCUT2D eigenvalue weighted by molar-refractivity contribution is 14.0. The van der Waals surface area contributed by atoms with Gasteiger partial charge in [0.05, 0.1) is 12.2 Å². The number of aromatic nitrogens is 5. The van der Waals surface area contributed by atoms with Crippen LogP contribution in [-0.4, -0.2) is 69.6 Å². The second-order valence-corrected chi connectivity index (χ2v) is 6.10. The zero-order chi connectivity index (χ0) is 18.2. The van der Waals surface area contributed by atoms with Crippen molar-refractivity contribution in [3.8, 4) is 0 Å². The number of halogens is 1. The van der Waals surface area contributed by atoms with Gasteiger partial charge in [-0.05, 0) is 14.1 Å². The van der Waals surface area contributed by atoms with Gasteiger partial charge in [-0.3, -0.25) is 9.67 Å². The summed E-state index contributed by atoms with van der Waals surface area (Å²) in [6, 6.07) is 0.219. The summed E-state index contributed by atoms with van der Waals surface area (Å²) < 4.78 is 3.88. The Morgan fingerprint density at radius 3 is 2.69 bits per heavy atom. The first-order valence-electron chi connectivity index (χ1n) is 8.51. The van der Waals surface area contributed by atoms with Crippen LogP contribution in [0.2, 0.25) is 0 Å². The molecule has 2 aromatic heterocycles. The monoisotopic (exact) mass is 475 g/mol. The summed E-state index contributed by atoms with van der Waals surface area (Å²) in [6.45, 7) is 4.38. The first-order valence-corrected chi connectivity index (χ1v) is 8.51. The van der Waals surface area contributed by atoms with Gasteiger partial charge in [-0.15, -0.1) is 34.2 Å². The molecule has 1 atom stereocenters. The van der Waals surface area contributed by atoms with Crippen LogP contribution < -0.4 is 10.6 Å². The summed E-state index contributed by atoms with van der Waals surface area (Å²) in [5.74, 6) is 1.77. The number of rotatable bonds is 8. The Balaban J connectivity index is 0.00000338. The lowest BCUT2D eigenvalue weighted by Gasteiger charge is -2.24. The Bertz CT molecular complexity index is 677. The van der Waals surface area contributed by atoms with E-state index in [1.54, 1.807) is 13.4 Å². The van der Waals surface area contributed by atoms with E-state index in [1.807, 2.05) is 24.1 Å². The third-order valence-corrected chi connectivity index (χ3v) is 4.08. The van der Waals surface area contributed by atoms with Crippen LogP contribution in [0.5, 0.6) is 0 Å². The van der Waals surface area contributed by atoms with Crippen molar-refractivity contribution >= 4 is 29.9 Å². The van der Waals surface area contributed by atoms with Gasteiger partial charge in [0.2, 0.25) is 0 Å². The fraction of sp³-hybridized carbons (Fsp3) is 0.625. The van der Waals surface area contributed by atoms with E-state index in [4.69, 9.17) is 0 Å². The fourth-order valence-electron chi connectivity index (χ4n) is 2.66. The van der Waals surface area contributed by atoms with Crippen molar-refractivity contribution in [2.75, 3.05) is 34.2 Å². The lowest BCUT2D eigenvalue weighted by Crippen LogP contribution is -2.42. The van der Waals surface area contributed by atoms with E-state index < -0.39 is 0 Å². The molecule has 10 heteroatoms. The number of guanidine groups is 1. The minimum absolute atomic E-state index is 0. The summed E-state index contributed by atoms with van der Waals surface area (Å²) >= 11 is 0. The van der Waals surface area contributed by atoms with Crippen LogP contribution in [0.3, 0.4) is 0 Å². The van der Waals surface area contributed by atoms with Gasteiger partial charge in [0.25, 0.3) is 0 Å². The largest absolute Gasteiger partial charge is 0.355 e. The van der Waals surface area contributed by atoms with E-state index >= 15 is 0 Å². The maximum atomic E-state index is 4.29. The zero-order valence-corrected chi connectivity index (χ0v) is 18.5. The Hall–Kier alpha value is -1.69. The molecule has 1 unspecified atom stereocenters. The molecule has 0 aliphatic carbocycles. The van der Waals surface area contributed by atoms with Crippen molar-refractivity contribution in [1.29, 1.82) is 0 Å². The maximum absolute atomic E-state index is 4.29. The molecule has 2 N–H and O–H groups in total. The predicted octanol–water partition coefficient (Wildman–Crippen LogP) is 0.660. The van der Waals surface area contributed by atoms with Crippen LogP contribution in [0.1, 0.15) is 24.4 Å². The number of aliphatic imine (C=N–C) groups is 1. The van der Waals surface area contributed by atoms with Crippen LogP contribution in [-0.2, 0) is 20.0 Å². The van der Waals surface area contributed by atoms with Gasteiger partial charge in [0.15, 0.2) is 5.96 Å². The molecular formula is C16H30IN9. The molecule has 0 fully saturated rings. The third-order valence-electron chi connectivity index (χ3n) is 4.08. The average Bonchev–Trinajstić information content (AvgIpc) is 3.21. The Morgan fingerprint density at radius 2 is 2.12 bits per heavy atom. The molecule has 2 heterocycles.